The number of rotatable bonds is 2. The molecule has 0 aliphatic carbocycles. The van der Waals surface area contributed by atoms with Crippen molar-refractivity contribution in [3.8, 4) is 6.07 Å². The van der Waals surface area contributed by atoms with Crippen LogP contribution in [0.15, 0.2) is 42.6 Å². The quantitative estimate of drug-likeness (QED) is 0.281. The molecule has 2 heterocycles. The molecule has 1 saturated heterocycles. The molecule has 0 atom stereocenters. The molecule has 6 heteroatoms. The second kappa shape index (κ2) is 10.5. The summed E-state index contributed by atoms with van der Waals surface area (Å²) in [5.74, 6) is 0. The first kappa shape index (κ1) is 22.9. The molecule has 0 spiro atoms. The molecule has 0 N–H and O–H groups in total. The predicted molar refractivity (Wildman–Crippen MR) is 125 cm³/mol. The summed E-state index contributed by atoms with van der Waals surface area (Å²) in [6, 6.07) is 14.1. The number of halogens is 2. The summed E-state index contributed by atoms with van der Waals surface area (Å²) >= 11 is -1.96. The minimum atomic E-state index is -1.96. The molecule has 30 heavy (non-hydrogen) atoms. The van der Waals surface area contributed by atoms with Gasteiger partial charge in [-0.05, 0) is 38.4 Å². The molecule has 3 nitrogen and oxygen atoms in total. The summed E-state index contributed by atoms with van der Waals surface area (Å²) < 4.78 is 1.77. The number of aromatic nitrogens is 1. The molecule has 1 aromatic heterocycles. The molecule has 4 rings (SSSR count). The molecule has 0 bridgehead atoms. The number of anilines is 1. The van der Waals surface area contributed by atoms with Crippen LogP contribution in [0.4, 0.5) is 5.69 Å². The topological polar surface area (TPSA) is 39.9 Å². The fourth-order valence-electron chi connectivity index (χ4n) is 3.87. The third kappa shape index (κ3) is 5.47. The van der Waals surface area contributed by atoms with Crippen molar-refractivity contribution in [1.29, 1.82) is 5.26 Å². The van der Waals surface area contributed by atoms with Gasteiger partial charge in [0.1, 0.15) is 0 Å². The van der Waals surface area contributed by atoms with E-state index in [1.54, 1.807) is 16.9 Å². The van der Waals surface area contributed by atoms with Gasteiger partial charge in [0.2, 0.25) is 0 Å². The predicted octanol–water partition coefficient (Wildman–Crippen LogP) is 6.56. The normalized spacial score (nSPS) is 13.5. The van der Waals surface area contributed by atoms with E-state index in [1.165, 1.54) is 41.8 Å². The second-order valence-electron chi connectivity index (χ2n) is 7.29. The molecule has 1 fully saturated rings. The van der Waals surface area contributed by atoms with Gasteiger partial charge in [-0.2, -0.15) is 6.42 Å². The summed E-state index contributed by atoms with van der Waals surface area (Å²) in [6.45, 7) is 10.1. The Balaban J connectivity index is 0.000000172. The number of nitrogens with zero attached hydrogens (tertiary/aromatic N) is 3. The van der Waals surface area contributed by atoms with Crippen molar-refractivity contribution in [3.63, 3.8) is 0 Å². The van der Waals surface area contributed by atoms with E-state index < -0.39 is 13.5 Å². The number of benzene rings is 2. The Morgan fingerprint density at radius 2 is 1.90 bits per heavy atom. The SMILES string of the molecule is Cc1cc(C)c(N2[CH-]CCC2)c(C)c1.N#Cc1ccc2cccnc2c1[CH]=[Ru]([Cl])[Cl]. The van der Waals surface area contributed by atoms with E-state index in [0.29, 0.717) is 5.56 Å². The maximum absolute atomic E-state index is 9.02. The zero-order valence-corrected chi connectivity index (χ0v) is 20.5. The minimum absolute atomic E-state index is 0.561. The van der Waals surface area contributed by atoms with Crippen molar-refractivity contribution < 1.29 is 13.5 Å². The van der Waals surface area contributed by atoms with Crippen LogP contribution in [0.3, 0.4) is 0 Å². The first-order valence-corrected chi connectivity index (χ1v) is 15.2. The van der Waals surface area contributed by atoms with Crippen LogP contribution in [0.2, 0.25) is 0 Å². The summed E-state index contributed by atoms with van der Waals surface area (Å²) in [5, 5.41) is 10.0. The van der Waals surface area contributed by atoms with Gasteiger partial charge in [0, 0.05) is 5.69 Å². The average Bonchev–Trinajstić information content (AvgIpc) is 3.22. The second-order valence-corrected chi connectivity index (χ2v) is 13.0. The van der Waals surface area contributed by atoms with Crippen molar-refractivity contribution >= 4 is 40.6 Å². The van der Waals surface area contributed by atoms with Crippen molar-refractivity contribution in [2.75, 3.05) is 11.4 Å². The molecular formula is C24H24Cl2N3Ru-. The molecule has 0 saturated carbocycles. The van der Waals surface area contributed by atoms with Gasteiger partial charge in [-0.15, -0.1) is 0 Å². The Hall–Kier alpha value is -1.79. The van der Waals surface area contributed by atoms with E-state index >= 15 is 0 Å². The molecular weight excluding hydrogens is 502 g/mol. The van der Waals surface area contributed by atoms with Gasteiger partial charge in [-0.1, -0.05) is 24.1 Å². The van der Waals surface area contributed by atoms with E-state index in [1.807, 2.05) is 18.2 Å². The number of fused-ring (bicyclic) bond motifs is 1. The molecule has 1 aliphatic rings. The first-order valence-electron chi connectivity index (χ1n) is 9.69. The van der Waals surface area contributed by atoms with Gasteiger partial charge in [0.05, 0.1) is 0 Å². The fraction of sp³-hybridized carbons (Fsp3) is 0.250. The van der Waals surface area contributed by atoms with Crippen molar-refractivity contribution in [3.05, 3.63) is 77.0 Å². The van der Waals surface area contributed by atoms with Crippen LogP contribution in [0.25, 0.3) is 10.9 Å². The summed E-state index contributed by atoms with van der Waals surface area (Å²) in [5.41, 5.74) is 7.69. The zero-order valence-electron chi connectivity index (χ0n) is 17.3. The van der Waals surface area contributed by atoms with E-state index in [-0.39, 0.29) is 0 Å². The Kier molecular flexibility index (Phi) is 8.01. The Labute approximate surface area is 191 Å². The van der Waals surface area contributed by atoms with Crippen molar-refractivity contribution in [1.82, 2.24) is 4.98 Å². The number of aryl methyl sites for hydroxylation is 3. The van der Waals surface area contributed by atoms with Crippen LogP contribution < -0.4 is 4.90 Å². The zero-order chi connectivity index (χ0) is 21.7. The third-order valence-corrected chi connectivity index (χ3v) is 6.78. The Bertz CT molecular complexity index is 1100. The number of hydrogen-bond acceptors (Lipinski definition) is 3. The van der Waals surface area contributed by atoms with Crippen LogP contribution >= 0.6 is 19.4 Å². The van der Waals surface area contributed by atoms with E-state index in [0.717, 1.165) is 16.5 Å². The Morgan fingerprint density at radius 3 is 2.50 bits per heavy atom. The first-order chi connectivity index (χ1) is 14.4. The van der Waals surface area contributed by atoms with Gasteiger partial charge in [0.25, 0.3) is 0 Å². The molecule has 3 aromatic rings. The molecule has 0 unspecified atom stereocenters. The van der Waals surface area contributed by atoms with Crippen LogP contribution in [-0.4, -0.2) is 16.1 Å². The third-order valence-electron chi connectivity index (χ3n) is 4.99. The summed E-state index contributed by atoms with van der Waals surface area (Å²) in [6.07, 6.45) is 4.22. The standard InChI is InChI=1S/C13H18N.C11H6N2.2ClH.Ru/c1-10-8-11(2)13(12(3)9-10)14-6-4-5-7-14;1-8-10(7-12)5-4-9-3-2-6-13-11(8)9;;;/h6,8-9H,4-5,7H2,1-3H3;1-6H;2*1H;/q-1;;;;+2/p-2. The van der Waals surface area contributed by atoms with Crippen LogP contribution in [0.1, 0.15) is 40.7 Å². The number of nitriles is 1. The van der Waals surface area contributed by atoms with Crippen molar-refractivity contribution in [2.24, 2.45) is 0 Å². The summed E-state index contributed by atoms with van der Waals surface area (Å²) in [7, 11) is 11.7. The van der Waals surface area contributed by atoms with Gasteiger partial charge in [0.15, 0.2) is 0 Å². The number of pyridine rings is 1. The molecule has 0 amide bonds. The van der Waals surface area contributed by atoms with E-state index in [9.17, 15) is 0 Å². The summed E-state index contributed by atoms with van der Waals surface area (Å²) in [4.78, 5) is 6.67. The van der Waals surface area contributed by atoms with E-state index in [4.69, 9.17) is 24.6 Å². The fourth-order valence-corrected chi connectivity index (χ4v) is 5.67. The van der Waals surface area contributed by atoms with Gasteiger partial charge >= 0.3 is 106 Å². The van der Waals surface area contributed by atoms with E-state index in [2.05, 4.69) is 55.4 Å². The maximum atomic E-state index is 9.02. The average molecular weight is 526 g/mol. The molecule has 2 aromatic carbocycles. The van der Waals surface area contributed by atoms with Gasteiger partial charge in [-0.25, -0.2) is 6.54 Å². The van der Waals surface area contributed by atoms with Crippen LogP contribution in [0.5, 0.6) is 0 Å². The Morgan fingerprint density at radius 1 is 1.17 bits per heavy atom. The number of hydrogen-bond donors (Lipinski definition) is 0. The monoisotopic (exact) mass is 526 g/mol. The molecule has 1 aliphatic heterocycles. The molecule has 158 valence electrons. The van der Waals surface area contributed by atoms with Crippen LogP contribution in [0, 0.1) is 38.6 Å². The molecule has 0 radical (unpaired) electrons. The van der Waals surface area contributed by atoms with Gasteiger partial charge in [-0.3, -0.25) is 0 Å². The van der Waals surface area contributed by atoms with Crippen LogP contribution in [-0.2, 0) is 13.5 Å². The van der Waals surface area contributed by atoms with Crippen molar-refractivity contribution in [2.45, 2.75) is 33.6 Å². The van der Waals surface area contributed by atoms with Gasteiger partial charge < -0.3 is 4.90 Å².